The van der Waals surface area contributed by atoms with Gasteiger partial charge in [-0.3, -0.25) is 9.59 Å². The van der Waals surface area contributed by atoms with E-state index in [-0.39, 0.29) is 6.42 Å². The molecule has 21 heavy (non-hydrogen) atoms. The van der Waals surface area contributed by atoms with Crippen molar-refractivity contribution in [3.63, 3.8) is 0 Å². The maximum atomic E-state index is 11.2. The number of hydrogen-bond acceptors (Lipinski definition) is 3. The lowest BCUT2D eigenvalue weighted by Gasteiger charge is -2.38. The molecule has 0 saturated heterocycles. The molecule has 0 radical (unpaired) electrons. The number of primary amides is 1. The SMILES string of the molecule is NC(=O)c1ccc(NC2(CC(=O)O)CCCCC2)c(Br)c1. The minimum absolute atomic E-state index is 0.0943. The standard InChI is InChI=1S/C15H19BrN2O3/c16-11-8-10(14(17)21)4-5-12(11)18-15(9-13(19)20)6-2-1-3-7-15/h4-5,8,18H,1-3,6-7,9H2,(H2,17,21)(H,19,20). The Morgan fingerprint density at radius 3 is 2.48 bits per heavy atom. The average Bonchev–Trinajstić information content (AvgIpc) is 2.41. The van der Waals surface area contributed by atoms with Crippen LogP contribution in [0.5, 0.6) is 0 Å². The molecule has 1 saturated carbocycles. The van der Waals surface area contributed by atoms with Gasteiger partial charge in [0.2, 0.25) is 5.91 Å². The molecule has 114 valence electrons. The lowest BCUT2D eigenvalue weighted by molar-refractivity contribution is -0.138. The van der Waals surface area contributed by atoms with Crippen LogP contribution in [0.2, 0.25) is 0 Å². The van der Waals surface area contributed by atoms with Gasteiger partial charge in [0.1, 0.15) is 0 Å². The highest BCUT2D eigenvalue weighted by Gasteiger charge is 2.34. The molecule has 6 heteroatoms. The van der Waals surface area contributed by atoms with Crippen molar-refractivity contribution in [1.82, 2.24) is 0 Å². The van der Waals surface area contributed by atoms with Gasteiger partial charge in [0.25, 0.3) is 0 Å². The highest BCUT2D eigenvalue weighted by molar-refractivity contribution is 9.10. The molecule has 1 amide bonds. The van der Waals surface area contributed by atoms with Crippen LogP contribution in [0, 0.1) is 0 Å². The number of halogens is 1. The summed E-state index contributed by atoms with van der Waals surface area (Å²) in [6.07, 6.45) is 4.96. The third-order valence-corrected chi connectivity index (χ3v) is 4.61. The van der Waals surface area contributed by atoms with Crippen molar-refractivity contribution >= 4 is 33.5 Å². The zero-order valence-electron chi connectivity index (χ0n) is 11.7. The van der Waals surface area contributed by atoms with Crippen LogP contribution in [0.4, 0.5) is 5.69 Å². The molecule has 0 atom stereocenters. The molecule has 1 aliphatic rings. The molecule has 2 rings (SSSR count). The predicted molar refractivity (Wildman–Crippen MR) is 84.4 cm³/mol. The monoisotopic (exact) mass is 354 g/mol. The van der Waals surface area contributed by atoms with E-state index in [2.05, 4.69) is 21.2 Å². The second-order valence-electron chi connectivity index (χ2n) is 5.60. The molecule has 5 nitrogen and oxygen atoms in total. The van der Waals surface area contributed by atoms with E-state index in [0.29, 0.717) is 10.0 Å². The second-order valence-corrected chi connectivity index (χ2v) is 6.45. The molecule has 0 heterocycles. The largest absolute Gasteiger partial charge is 0.481 e. The Labute approximate surface area is 132 Å². The van der Waals surface area contributed by atoms with Gasteiger partial charge in [0.15, 0.2) is 0 Å². The molecule has 0 unspecified atom stereocenters. The van der Waals surface area contributed by atoms with Crippen LogP contribution in [0.15, 0.2) is 22.7 Å². The summed E-state index contributed by atoms with van der Waals surface area (Å²) in [6, 6.07) is 5.07. The van der Waals surface area contributed by atoms with E-state index in [4.69, 9.17) is 5.73 Å². The Balaban J connectivity index is 2.24. The first-order valence-corrected chi connectivity index (χ1v) is 7.80. The van der Waals surface area contributed by atoms with Crippen molar-refractivity contribution in [3.8, 4) is 0 Å². The number of amides is 1. The van der Waals surface area contributed by atoms with E-state index in [1.165, 1.54) is 0 Å². The fraction of sp³-hybridized carbons (Fsp3) is 0.467. The van der Waals surface area contributed by atoms with Crippen molar-refractivity contribution in [2.24, 2.45) is 5.73 Å². The molecule has 4 N–H and O–H groups in total. The Morgan fingerprint density at radius 2 is 1.95 bits per heavy atom. The molecule has 0 spiro atoms. The van der Waals surface area contributed by atoms with Gasteiger partial charge in [-0.05, 0) is 47.0 Å². The zero-order valence-corrected chi connectivity index (χ0v) is 13.3. The molecule has 0 bridgehead atoms. The number of hydrogen-bond donors (Lipinski definition) is 3. The summed E-state index contributed by atoms with van der Waals surface area (Å²) in [6.45, 7) is 0. The summed E-state index contributed by atoms with van der Waals surface area (Å²) < 4.78 is 0.717. The lowest BCUT2D eigenvalue weighted by Crippen LogP contribution is -2.42. The predicted octanol–water partition coefficient (Wildman–Crippen LogP) is 3.14. The van der Waals surface area contributed by atoms with Gasteiger partial charge in [-0.2, -0.15) is 0 Å². The third-order valence-electron chi connectivity index (χ3n) is 3.95. The van der Waals surface area contributed by atoms with E-state index in [0.717, 1.165) is 37.8 Å². The first-order valence-electron chi connectivity index (χ1n) is 7.01. The minimum atomic E-state index is -0.797. The molecule has 1 aromatic rings. The van der Waals surface area contributed by atoms with Gasteiger partial charge in [0.05, 0.1) is 6.42 Å². The molecular formula is C15H19BrN2O3. The van der Waals surface area contributed by atoms with E-state index in [1.54, 1.807) is 18.2 Å². The van der Waals surface area contributed by atoms with Crippen LogP contribution >= 0.6 is 15.9 Å². The van der Waals surface area contributed by atoms with Crippen molar-refractivity contribution in [2.75, 3.05) is 5.32 Å². The number of aliphatic carboxylic acids is 1. The topological polar surface area (TPSA) is 92.4 Å². The number of rotatable bonds is 5. The van der Waals surface area contributed by atoms with E-state index < -0.39 is 17.4 Å². The zero-order chi connectivity index (χ0) is 15.5. The summed E-state index contributed by atoms with van der Waals surface area (Å²) in [4.78, 5) is 22.3. The smallest absolute Gasteiger partial charge is 0.305 e. The number of nitrogens with one attached hydrogen (secondary N) is 1. The number of anilines is 1. The van der Waals surface area contributed by atoms with Crippen molar-refractivity contribution in [2.45, 2.75) is 44.1 Å². The molecule has 0 aromatic heterocycles. The highest BCUT2D eigenvalue weighted by Crippen LogP contribution is 2.36. The van der Waals surface area contributed by atoms with Crippen LogP contribution < -0.4 is 11.1 Å². The van der Waals surface area contributed by atoms with Crippen molar-refractivity contribution < 1.29 is 14.7 Å². The second kappa shape index (κ2) is 6.47. The number of carbonyl (C=O) groups is 2. The number of benzene rings is 1. The normalized spacial score (nSPS) is 17.2. The Bertz CT molecular complexity index is 554. The first-order chi connectivity index (χ1) is 9.92. The quantitative estimate of drug-likeness (QED) is 0.757. The Kier molecular flexibility index (Phi) is 4.88. The van der Waals surface area contributed by atoms with E-state index in [9.17, 15) is 14.7 Å². The van der Waals surface area contributed by atoms with Gasteiger partial charge >= 0.3 is 5.97 Å². The molecule has 1 aliphatic carbocycles. The summed E-state index contributed by atoms with van der Waals surface area (Å²) in [5.41, 5.74) is 6.05. The highest BCUT2D eigenvalue weighted by atomic mass is 79.9. The third kappa shape index (κ3) is 3.97. The number of carbonyl (C=O) groups excluding carboxylic acids is 1. The van der Waals surface area contributed by atoms with Gasteiger partial charge < -0.3 is 16.2 Å². The summed E-state index contributed by atoms with van der Waals surface area (Å²) in [5, 5.41) is 12.6. The van der Waals surface area contributed by atoms with Gasteiger partial charge in [-0.15, -0.1) is 0 Å². The molecule has 1 fully saturated rings. The maximum Gasteiger partial charge on any atom is 0.305 e. The van der Waals surface area contributed by atoms with E-state index >= 15 is 0 Å². The summed E-state index contributed by atoms with van der Waals surface area (Å²) in [7, 11) is 0. The number of carboxylic acids is 1. The fourth-order valence-electron chi connectivity index (χ4n) is 2.92. The van der Waals surface area contributed by atoms with Gasteiger partial charge in [-0.25, -0.2) is 0 Å². The summed E-state index contributed by atoms with van der Waals surface area (Å²) >= 11 is 3.41. The van der Waals surface area contributed by atoms with Gasteiger partial charge in [-0.1, -0.05) is 19.3 Å². The first kappa shape index (κ1) is 15.8. The van der Waals surface area contributed by atoms with E-state index in [1.807, 2.05) is 0 Å². The van der Waals surface area contributed by atoms with Crippen LogP contribution in [0.25, 0.3) is 0 Å². The fourth-order valence-corrected chi connectivity index (χ4v) is 3.40. The van der Waals surface area contributed by atoms with Crippen LogP contribution in [-0.4, -0.2) is 22.5 Å². The molecule has 0 aliphatic heterocycles. The molecular weight excluding hydrogens is 336 g/mol. The van der Waals surface area contributed by atoms with Gasteiger partial charge in [0, 0.05) is 21.3 Å². The molecule has 1 aromatic carbocycles. The lowest BCUT2D eigenvalue weighted by atomic mass is 9.79. The summed E-state index contributed by atoms with van der Waals surface area (Å²) in [5.74, 6) is -1.28. The average molecular weight is 355 g/mol. The van der Waals surface area contributed by atoms with Crippen LogP contribution in [0.1, 0.15) is 48.9 Å². The Morgan fingerprint density at radius 1 is 1.29 bits per heavy atom. The minimum Gasteiger partial charge on any atom is -0.481 e. The maximum absolute atomic E-state index is 11.2. The van der Waals surface area contributed by atoms with Crippen LogP contribution in [0.3, 0.4) is 0 Å². The number of nitrogens with two attached hydrogens (primary N) is 1. The van der Waals surface area contributed by atoms with Crippen molar-refractivity contribution in [3.05, 3.63) is 28.2 Å². The van der Waals surface area contributed by atoms with Crippen LogP contribution in [-0.2, 0) is 4.79 Å². The number of carboxylic acid groups (broad SMARTS) is 1. The Hall–Kier alpha value is -1.56. The van der Waals surface area contributed by atoms with Crippen molar-refractivity contribution in [1.29, 1.82) is 0 Å².